The lowest BCUT2D eigenvalue weighted by atomic mass is 10.4. The van der Waals surface area contributed by atoms with Gasteiger partial charge in [-0.2, -0.15) is 0 Å². The van der Waals surface area contributed by atoms with E-state index in [1.165, 1.54) is 11.4 Å². The van der Waals surface area contributed by atoms with Crippen molar-refractivity contribution in [2.45, 2.75) is 11.0 Å². The molecule has 0 saturated heterocycles. The molecule has 0 fully saturated rings. The molecule has 0 bridgehead atoms. The van der Waals surface area contributed by atoms with Crippen molar-refractivity contribution >= 4 is 33.3 Å². The van der Waals surface area contributed by atoms with Crippen LogP contribution < -0.4 is 4.72 Å². The Kier molecular flexibility index (Phi) is 5.62. The van der Waals surface area contributed by atoms with Crippen molar-refractivity contribution in [2.75, 3.05) is 20.8 Å². The number of ether oxygens (including phenoxy) is 2. The van der Waals surface area contributed by atoms with Gasteiger partial charge in [-0.1, -0.05) is 0 Å². The summed E-state index contributed by atoms with van der Waals surface area (Å²) in [5.41, 5.74) is 0. The number of sulfonamides is 1. The van der Waals surface area contributed by atoms with Crippen LogP contribution in [-0.2, 0) is 24.3 Å². The molecular formula is C10H13NO7S2. The van der Waals surface area contributed by atoms with E-state index in [0.29, 0.717) is 0 Å². The van der Waals surface area contributed by atoms with Crippen molar-refractivity contribution in [3.05, 3.63) is 16.3 Å². The number of nitrogens with one attached hydrogen (secondary N) is 1. The van der Waals surface area contributed by atoms with Gasteiger partial charge >= 0.3 is 11.9 Å². The molecule has 10 heteroatoms. The molecule has 0 aliphatic rings. The molecule has 0 aliphatic heterocycles. The standard InChI is InChI=1S/C10H13NO7S2/c1-17-9(13)6(12)5-11-20(15,16)7-3-4-19-8(7)10(14)18-2/h3-4,6,11-12H,5H2,1-2H3. The Hall–Kier alpha value is -1.49. The lowest BCUT2D eigenvalue weighted by Gasteiger charge is -2.10. The van der Waals surface area contributed by atoms with Crippen LogP contribution in [0.15, 0.2) is 16.3 Å². The Morgan fingerprint density at radius 1 is 1.40 bits per heavy atom. The van der Waals surface area contributed by atoms with Crippen LogP contribution in [0.5, 0.6) is 0 Å². The molecule has 0 saturated carbocycles. The molecule has 0 radical (unpaired) electrons. The predicted molar refractivity (Wildman–Crippen MR) is 68.9 cm³/mol. The summed E-state index contributed by atoms with van der Waals surface area (Å²) in [7, 11) is -1.85. The molecule has 2 N–H and O–H groups in total. The Balaban J connectivity index is 2.88. The summed E-state index contributed by atoms with van der Waals surface area (Å²) in [4.78, 5) is 22.0. The Morgan fingerprint density at radius 3 is 2.60 bits per heavy atom. The molecule has 20 heavy (non-hydrogen) atoms. The average molecular weight is 323 g/mol. The molecule has 1 atom stereocenters. The highest BCUT2D eigenvalue weighted by Gasteiger charge is 2.26. The summed E-state index contributed by atoms with van der Waals surface area (Å²) in [6.45, 7) is -0.564. The highest BCUT2D eigenvalue weighted by molar-refractivity contribution is 7.89. The van der Waals surface area contributed by atoms with Gasteiger partial charge in [0.15, 0.2) is 6.10 Å². The van der Waals surface area contributed by atoms with Crippen molar-refractivity contribution in [1.82, 2.24) is 4.72 Å². The van der Waals surface area contributed by atoms with Gasteiger partial charge in [-0.3, -0.25) is 0 Å². The zero-order valence-electron chi connectivity index (χ0n) is 10.7. The first-order valence-corrected chi connectivity index (χ1v) is 7.61. The fourth-order valence-corrected chi connectivity index (χ4v) is 3.61. The van der Waals surface area contributed by atoms with Gasteiger partial charge < -0.3 is 14.6 Å². The molecule has 8 nitrogen and oxygen atoms in total. The minimum atomic E-state index is -4.05. The predicted octanol–water partition coefficient (Wildman–Crippen LogP) is -0.653. The summed E-state index contributed by atoms with van der Waals surface area (Å²) in [6.07, 6.45) is -1.63. The SMILES string of the molecule is COC(=O)c1sccc1S(=O)(=O)NCC(O)C(=O)OC. The lowest BCUT2D eigenvalue weighted by molar-refractivity contribution is -0.149. The molecule has 0 aliphatic carbocycles. The van der Waals surface area contributed by atoms with Crippen molar-refractivity contribution in [3.63, 3.8) is 0 Å². The number of carbonyl (C=O) groups excluding carboxylic acids is 2. The van der Waals surface area contributed by atoms with E-state index in [0.717, 1.165) is 25.6 Å². The van der Waals surface area contributed by atoms with E-state index in [9.17, 15) is 23.1 Å². The number of hydrogen-bond acceptors (Lipinski definition) is 8. The number of hydrogen-bond donors (Lipinski definition) is 2. The fraction of sp³-hybridized carbons (Fsp3) is 0.400. The molecule has 1 unspecified atom stereocenters. The first-order chi connectivity index (χ1) is 9.33. The van der Waals surface area contributed by atoms with Crippen LogP contribution in [0.1, 0.15) is 9.67 Å². The second kappa shape index (κ2) is 6.79. The summed E-state index contributed by atoms with van der Waals surface area (Å²) in [5, 5.41) is 10.7. The van der Waals surface area contributed by atoms with Gasteiger partial charge in [0.2, 0.25) is 10.0 Å². The number of carbonyl (C=O) groups is 2. The quantitative estimate of drug-likeness (QED) is 0.667. The lowest BCUT2D eigenvalue weighted by Crippen LogP contribution is -2.37. The fourth-order valence-electron chi connectivity index (χ4n) is 1.24. The summed E-state index contributed by atoms with van der Waals surface area (Å²) < 4.78 is 34.7. The molecule has 1 aromatic heterocycles. The van der Waals surface area contributed by atoms with Gasteiger partial charge in [0.1, 0.15) is 9.77 Å². The van der Waals surface area contributed by atoms with Crippen LogP contribution >= 0.6 is 11.3 Å². The number of esters is 2. The van der Waals surface area contributed by atoms with Crippen LogP contribution in [-0.4, -0.2) is 52.3 Å². The smallest absolute Gasteiger partial charge is 0.349 e. The summed E-state index contributed by atoms with van der Waals surface area (Å²) in [6, 6.07) is 1.23. The first kappa shape index (κ1) is 16.6. The van der Waals surface area contributed by atoms with Crippen molar-refractivity contribution in [2.24, 2.45) is 0 Å². The van der Waals surface area contributed by atoms with E-state index in [-0.39, 0.29) is 9.77 Å². The number of thiophene rings is 1. The minimum Gasteiger partial charge on any atom is -0.467 e. The van der Waals surface area contributed by atoms with Crippen molar-refractivity contribution < 1.29 is 32.6 Å². The molecule has 1 heterocycles. The third-order valence-electron chi connectivity index (χ3n) is 2.23. The molecule has 0 aromatic carbocycles. The second-order valence-electron chi connectivity index (χ2n) is 3.50. The highest BCUT2D eigenvalue weighted by Crippen LogP contribution is 2.22. The summed E-state index contributed by atoms with van der Waals surface area (Å²) >= 11 is 0.906. The van der Waals surface area contributed by atoms with E-state index in [1.807, 2.05) is 4.72 Å². The highest BCUT2D eigenvalue weighted by atomic mass is 32.2. The van der Waals surface area contributed by atoms with Gasteiger partial charge in [-0.15, -0.1) is 11.3 Å². The van der Waals surface area contributed by atoms with E-state index >= 15 is 0 Å². The zero-order valence-corrected chi connectivity index (χ0v) is 12.3. The van der Waals surface area contributed by atoms with E-state index in [2.05, 4.69) is 9.47 Å². The average Bonchev–Trinajstić information content (AvgIpc) is 2.93. The van der Waals surface area contributed by atoms with Crippen LogP contribution in [0, 0.1) is 0 Å². The third kappa shape index (κ3) is 3.76. The maximum Gasteiger partial charge on any atom is 0.349 e. The molecule has 0 spiro atoms. The van der Waals surface area contributed by atoms with Crippen LogP contribution in [0.25, 0.3) is 0 Å². The minimum absolute atomic E-state index is 0.0902. The maximum atomic E-state index is 12.0. The first-order valence-electron chi connectivity index (χ1n) is 5.25. The molecular weight excluding hydrogens is 310 g/mol. The van der Waals surface area contributed by atoms with Gasteiger partial charge in [0.05, 0.1) is 14.2 Å². The topological polar surface area (TPSA) is 119 Å². The Bertz CT molecular complexity index is 593. The van der Waals surface area contributed by atoms with Crippen molar-refractivity contribution in [3.8, 4) is 0 Å². The van der Waals surface area contributed by atoms with E-state index in [1.54, 1.807) is 0 Å². The number of aliphatic hydroxyl groups excluding tert-OH is 1. The van der Waals surface area contributed by atoms with Gasteiger partial charge in [-0.05, 0) is 11.4 Å². The van der Waals surface area contributed by atoms with E-state index < -0.39 is 34.6 Å². The van der Waals surface area contributed by atoms with Crippen LogP contribution in [0.2, 0.25) is 0 Å². The number of methoxy groups -OCH3 is 2. The van der Waals surface area contributed by atoms with Gasteiger partial charge in [0.25, 0.3) is 0 Å². The zero-order chi connectivity index (χ0) is 15.3. The Labute approximate surface area is 119 Å². The van der Waals surface area contributed by atoms with Crippen LogP contribution in [0.3, 0.4) is 0 Å². The molecule has 1 aromatic rings. The Morgan fingerprint density at radius 2 is 2.05 bits per heavy atom. The second-order valence-corrected chi connectivity index (χ2v) is 6.15. The largest absolute Gasteiger partial charge is 0.467 e. The van der Waals surface area contributed by atoms with Crippen LogP contribution in [0.4, 0.5) is 0 Å². The maximum absolute atomic E-state index is 12.0. The molecule has 112 valence electrons. The van der Waals surface area contributed by atoms with Gasteiger partial charge in [-0.25, -0.2) is 22.7 Å². The summed E-state index contributed by atoms with van der Waals surface area (Å²) in [5.74, 6) is -1.75. The van der Waals surface area contributed by atoms with Gasteiger partial charge in [0, 0.05) is 6.54 Å². The third-order valence-corrected chi connectivity index (χ3v) is 4.72. The molecule has 0 amide bonds. The van der Waals surface area contributed by atoms with Crippen molar-refractivity contribution in [1.29, 1.82) is 0 Å². The molecule has 1 rings (SSSR count). The van der Waals surface area contributed by atoms with E-state index in [4.69, 9.17) is 0 Å². The monoisotopic (exact) mass is 323 g/mol. The number of aliphatic hydroxyl groups is 1. The normalized spacial score (nSPS) is 12.8. The number of rotatable bonds is 6.